The summed E-state index contributed by atoms with van der Waals surface area (Å²) in [6, 6.07) is 3.63. The second-order valence-corrected chi connectivity index (χ2v) is 7.04. The topological polar surface area (TPSA) is 122 Å². The average molecular weight is 327 g/mol. The molecule has 0 radical (unpaired) electrons. The summed E-state index contributed by atoms with van der Waals surface area (Å²) in [6.45, 7) is 1.80. The second kappa shape index (κ2) is 5.80. The number of hydrogen-bond donors (Lipinski definition) is 3. The van der Waals surface area contributed by atoms with Gasteiger partial charge in [-0.2, -0.15) is 0 Å². The number of nitrogens with two attached hydrogens (primary N) is 1. The van der Waals surface area contributed by atoms with Crippen LogP contribution in [0.25, 0.3) is 0 Å². The first-order valence-corrected chi connectivity index (χ1v) is 8.19. The van der Waals surface area contributed by atoms with E-state index in [9.17, 15) is 13.2 Å². The number of carboxylic acids is 1. The van der Waals surface area contributed by atoms with E-state index in [-0.39, 0.29) is 22.7 Å². The number of aromatic carboxylic acids is 1. The molecule has 2 rings (SSSR count). The lowest BCUT2D eigenvalue weighted by Crippen LogP contribution is -2.25. The van der Waals surface area contributed by atoms with Crippen molar-refractivity contribution in [1.29, 1.82) is 0 Å². The monoisotopic (exact) mass is 327 g/mol. The van der Waals surface area contributed by atoms with E-state index in [2.05, 4.69) is 9.71 Å². The van der Waals surface area contributed by atoms with Crippen LogP contribution in [0.4, 0.5) is 5.69 Å². The summed E-state index contributed by atoms with van der Waals surface area (Å²) in [5.74, 6) is -1.33. The Balaban J connectivity index is 2.31. The van der Waals surface area contributed by atoms with Gasteiger partial charge >= 0.3 is 5.97 Å². The fraction of sp³-hybridized carbons (Fsp3) is 0.167. The molecule has 4 N–H and O–H groups in total. The van der Waals surface area contributed by atoms with Crippen molar-refractivity contribution in [3.63, 3.8) is 0 Å². The molecule has 1 aromatic heterocycles. The minimum atomic E-state index is -3.99. The highest BCUT2D eigenvalue weighted by atomic mass is 32.2. The van der Waals surface area contributed by atoms with E-state index in [1.165, 1.54) is 23.5 Å². The third-order valence-electron chi connectivity index (χ3n) is 2.64. The number of anilines is 1. The van der Waals surface area contributed by atoms with Gasteiger partial charge in [0.25, 0.3) is 0 Å². The van der Waals surface area contributed by atoms with Gasteiger partial charge in [-0.1, -0.05) is 0 Å². The van der Waals surface area contributed by atoms with Crippen molar-refractivity contribution in [1.82, 2.24) is 9.71 Å². The number of aryl methyl sites for hydroxylation is 1. The molecule has 0 fully saturated rings. The van der Waals surface area contributed by atoms with Gasteiger partial charge in [0.2, 0.25) is 10.0 Å². The molecular formula is C12H13N3O4S2. The average Bonchev–Trinajstić information content (AvgIpc) is 2.82. The molecule has 21 heavy (non-hydrogen) atoms. The van der Waals surface area contributed by atoms with Crippen molar-refractivity contribution in [3.05, 3.63) is 39.8 Å². The third-order valence-corrected chi connectivity index (χ3v) is 4.90. The maximum atomic E-state index is 12.2. The van der Waals surface area contributed by atoms with Crippen LogP contribution in [0, 0.1) is 6.92 Å². The van der Waals surface area contributed by atoms with Crippen molar-refractivity contribution < 1.29 is 18.3 Å². The molecule has 0 aliphatic rings. The summed E-state index contributed by atoms with van der Waals surface area (Å²) in [5, 5.41) is 11.6. The molecule has 0 aliphatic heterocycles. The largest absolute Gasteiger partial charge is 0.478 e. The normalized spacial score (nSPS) is 11.5. The molecule has 0 spiro atoms. The van der Waals surface area contributed by atoms with Crippen LogP contribution in [0.5, 0.6) is 0 Å². The van der Waals surface area contributed by atoms with Crippen LogP contribution in [-0.2, 0) is 16.6 Å². The molecule has 0 saturated carbocycles. The highest BCUT2D eigenvalue weighted by Gasteiger charge is 2.22. The first-order chi connectivity index (χ1) is 9.79. The highest BCUT2D eigenvalue weighted by molar-refractivity contribution is 7.89. The number of aromatic nitrogens is 1. The minimum absolute atomic E-state index is 0.0134. The molecule has 0 saturated heterocycles. The van der Waals surface area contributed by atoms with Gasteiger partial charge < -0.3 is 10.8 Å². The molecule has 0 aliphatic carbocycles. The van der Waals surface area contributed by atoms with Gasteiger partial charge in [-0.3, -0.25) is 0 Å². The Kier molecular flexibility index (Phi) is 4.26. The second-order valence-electron chi connectivity index (χ2n) is 4.24. The number of sulfonamides is 1. The predicted molar refractivity (Wildman–Crippen MR) is 78.7 cm³/mol. The Morgan fingerprint density at radius 3 is 2.76 bits per heavy atom. The van der Waals surface area contributed by atoms with E-state index in [0.717, 1.165) is 11.1 Å². The molecular weight excluding hydrogens is 314 g/mol. The number of carboxylic acid groups (broad SMARTS) is 1. The quantitative estimate of drug-likeness (QED) is 0.709. The Hall–Kier alpha value is -1.97. The molecule has 0 atom stereocenters. The van der Waals surface area contributed by atoms with Gasteiger partial charge in [0, 0.05) is 11.1 Å². The van der Waals surface area contributed by atoms with Crippen molar-refractivity contribution in [2.24, 2.45) is 0 Å². The van der Waals surface area contributed by atoms with Crippen LogP contribution in [0.15, 0.2) is 28.5 Å². The van der Waals surface area contributed by atoms with Gasteiger partial charge in [-0.05, 0) is 25.1 Å². The number of benzene rings is 1. The Labute approximate surface area is 125 Å². The van der Waals surface area contributed by atoms with E-state index >= 15 is 0 Å². The zero-order valence-electron chi connectivity index (χ0n) is 11.0. The van der Waals surface area contributed by atoms with Gasteiger partial charge in [-0.15, -0.1) is 11.3 Å². The molecule has 112 valence electrons. The van der Waals surface area contributed by atoms with E-state index in [0.29, 0.717) is 5.69 Å². The number of nitrogens with one attached hydrogen (secondary N) is 1. The minimum Gasteiger partial charge on any atom is -0.478 e. The molecule has 0 unspecified atom stereocenters. The van der Waals surface area contributed by atoms with Crippen LogP contribution >= 0.6 is 11.3 Å². The third kappa shape index (κ3) is 3.57. The summed E-state index contributed by atoms with van der Waals surface area (Å²) >= 11 is 1.40. The number of rotatable bonds is 5. The van der Waals surface area contributed by atoms with Crippen molar-refractivity contribution in [2.45, 2.75) is 18.4 Å². The molecule has 2 aromatic rings. The van der Waals surface area contributed by atoms with E-state index in [4.69, 9.17) is 10.8 Å². The standard InChI is InChI=1S/C12H13N3O4S2/c1-7-15-9(6-20-7)5-14-21(18,19)11-4-8(13)2-3-10(11)12(16)17/h2-4,6,14H,5,13H2,1H3,(H,16,17). The predicted octanol–water partition coefficient (Wildman–Crippen LogP) is 1.21. The Morgan fingerprint density at radius 1 is 1.48 bits per heavy atom. The van der Waals surface area contributed by atoms with Crippen LogP contribution < -0.4 is 10.5 Å². The number of thiazole rings is 1. The number of nitrogen functional groups attached to an aromatic ring is 1. The van der Waals surface area contributed by atoms with E-state index in [1.807, 2.05) is 6.92 Å². The highest BCUT2D eigenvalue weighted by Crippen LogP contribution is 2.19. The first-order valence-electron chi connectivity index (χ1n) is 5.83. The molecule has 0 amide bonds. The van der Waals surface area contributed by atoms with Crippen LogP contribution in [0.1, 0.15) is 21.1 Å². The lowest BCUT2D eigenvalue weighted by molar-refractivity contribution is 0.0692. The fourth-order valence-electron chi connectivity index (χ4n) is 1.67. The first kappa shape index (κ1) is 15.4. The molecule has 7 nitrogen and oxygen atoms in total. The summed E-state index contributed by atoms with van der Waals surface area (Å²) < 4.78 is 26.8. The summed E-state index contributed by atoms with van der Waals surface area (Å²) in [7, 11) is -3.99. The SMILES string of the molecule is Cc1nc(CNS(=O)(=O)c2cc(N)ccc2C(=O)O)cs1. The maximum Gasteiger partial charge on any atom is 0.337 e. The summed E-state index contributed by atoms with van der Waals surface area (Å²) in [5.41, 5.74) is 5.95. The van der Waals surface area contributed by atoms with Crippen molar-refractivity contribution in [3.8, 4) is 0 Å². The maximum absolute atomic E-state index is 12.2. The zero-order valence-corrected chi connectivity index (χ0v) is 12.7. The molecule has 1 aromatic carbocycles. The summed E-state index contributed by atoms with van der Waals surface area (Å²) in [6.07, 6.45) is 0. The smallest absolute Gasteiger partial charge is 0.337 e. The van der Waals surface area contributed by atoms with Crippen LogP contribution in [0.2, 0.25) is 0 Å². The lowest BCUT2D eigenvalue weighted by Gasteiger charge is -2.09. The molecule has 0 bridgehead atoms. The van der Waals surface area contributed by atoms with Crippen molar-refractivity contribution >= 4 is 33.0 Å². The lowest BCUT2D eigenvalue weighted by atomic mass is 10.2. The zero-order chi connectivity index (χ0) is 15.6. The molecule has 9 heteroatoms. The number of hydrogen-bond acceptors (Lipinski definition) is 6. The Morgan fingerprint density at radius 2 is 2.19 bits per heavy atom. The van der Waals surface area contributed by atoms with Gasteiger partial charge in [0.1, 0.15) is 0 Å². The summed E-state index contributed by atoms with van der Waals surface area (Å²) in [4.78, 5) is 14.9. The fourth-order valence-corrected chi connectivity index (χ4v) is 3.52. The van der Waals surface area contributed by atoms with E-state index < -0.39 is 16.0 Å². The van der Waals surface area contributed by atoms with Gasteiger partial charge in [0.05, 0.1) is 27.7 Å². The van der Waals surface area contributed by atoms with Crippen LogP contribution in [-0.4, -0.2) is 24.5 Å². The van der Waals surface area contributed by atoms with Crippen LogP contribution in [0.3, 0.4) is 0 Å². The molecule has 1 heterocycles. The van der Waals surface area contributed by atoms with E-state index in [1.54, 1.807) is 5.38 Å². The number of carbonyl (C=O) groups is 1. The Bertz CT molecular complexity index is 784. The van der Waals surface area contributed by atoms with Gasteiger partial charge in [0.15, 0.2) is 0 Å². The van der Waals surface area contributed by atoms with Gasteiger partial charge in [-0.25, -0.2) is 22.9 Å². The number of nitrogens with zero attached hydrogens (tertiary/aromatic N) is 1. The van der Waals surface area contributed by atoms with Crippen molar-refractivity contribution in [2.75, 3.05) is 5.73 Å².